The molecular weight excluding hydrogens is 340 g/mol. The first-order valence-corrected chi connectivity index (χ1v) is 9.21. The van der Waals surface area contributed by atoms with E-state index in [2.05, 4.69) is 16.5 Å². The molecule has 0 unspecified atom stereocenters. The van der Waals surface area contributed by atoms with Crippen molar-refractivity contribution in [2.24, 2.45) is 0 Å². The van der Waals surface area contributed by atoms with Crippen LogP contribution in [0.15, 0.2) is 18.2 Å². The molecule has 0 radical (unpaired) electrons. The predicted molar refractivity (Wildman–Crippen MR) is 105 cm³/mol. The SMILES string of the molecule is COc1ccc(C)cc1[C@H](C)NC(=O)CCc1c(C)nn(CCC#N)c1C. The number of hydrogen-bond acceptors (Lipinski definition) is 4. The monoisotopic (exact) mass is 368 g/mol. The molecule has 6 nitrogen and oxygen atoms in total. The number of carbonyl (C=O) groups excluding carboxylic acids is 1. The normalized spacial score (nSPS) is 11.7. The first-order valence-electron chi connectivity index (χ1n) is 9.21. The molecule has 2 rings (SSSR count). The summed E-state index contributed by atoms with van der Waals surface area (Å²) in [4.78, 5) is 12.5. The van der Waals surface area contributed by atoms with Crippen molar-refractivity contribution in [1.82, 2.24) is 15.1 Å². The Morgan fingerprint density at radius 2 is 2.11 bits per heavy atom. The van der Waals surface area contributed by atoms with Crippen LogP contribution in [0.25, 0.3) is 0 Å². The van der Waals surface area contributed by atoms with E-state index < -0.39 is 0 Å². The summed E-state index contributed by atoms with van der Waals surface area (Å²) < 4.78 is 7.27. The van der Waals surface area contributed by atoms with Gasteiger partial charge in [-0.3, -0.25) is 9.48 Å². The Balaban J connectivity index is 2.00. The van der Waals surface area contributed by atoms with Crippen molar-refractivity contribution in [3.05, 3.63) is 46.3 Å². The minimum atomic E-state index is -0.132. The lowest BCUT2D eigenvalue weighted by Gasteiger charge is -2.18. The number of ether oxygens (including phenoxy) is 1. The Morgan fingerprint density at radius 1 is 1.37 bits per heavy atom. The lowest BCUT2D eigenvalue weighted by atomic mass is 10.0. The number of amides is 1. The highest BCUT2D eigenvalue weighted by Crippen LogP contribution is 2.26. The van der Waals surface area contributed by atoms with Gasteiger partial charge in [0.05, 0.1) is 37.9 Å². The summed E-state index contributed by atoms with van der Waals surface area (Å²) in [7, 11) is 1.64. The zero-order valence-electron chi connectivity index (χ0n) is 16.8. The van der Waals surface area contributed by atoms with Gasteiger partial charge in [-0.15, -0.1) is 0 Å². The van der Waals surface area contributed by atoms with Crippen molar-refractivity contribution in [2.45, 2.75) is 59.5 Å². The molecule has 0 saturated carbocycles. The van der Waals surface area contributed by atoms with Crippen molar-refractivity contribution in [3.63, 3.8) is 0 Å². The molecule has 0 spiro atoms. The van der Waals surface area contributed by atoms with Crippen LogP contribution >= 0.6 is 0 Å². The summed E-state index contributed by atoms with van der Waals surface area (Å²) in [5.41, 5.74) is 5.14. The summed E-state index contributed by atoms with van der Waals surface area (Å²) in [5, 5.41) is 16.3. The molecule has 1 aromatic carbocycles. The molecule has 27 heavy (non-hydrogen) atoms. The lowest BCUT2D eigenvalue weighted by molar-refractivity contribution is -0.121. The average Bonchev–Trinajstić information content (AvgIpc) is 2.91. The Morgan fingerprint density at radius 3 is 2.78 bits per heavy atom. The topological polar surface area (TPSA) is 79.9 Å². The van der Waals surface area contributed by atoms with Crippen LogP contribution < -0.4 is 10.1 Å². The number of benzene rings is 1. The molecule has 144 valence electrons. The molecule has 6 heteroatoms. The fourth-order valence-corrected chi connectivity index (χ4v) is 3.29. The molecule has 0 bridgehead atoms. The van der Waals surface area contributed by atoms with E-state index in [0.717, 1.165) is 33.8 Å². The zero-order chi connectivity index (χ0) is 20.0. The summed E-state index contributed by atoms with van der Waals surface area (Å²) in [6.07, 6.45) is 1.45. The van der Waals surface area contributed by atoms with Gasteiger partial charge in [-0.25, -0.2) is 0 Å². The highest BCUT2D eigenvalue weighted by molar-refractivity contribution is 5.76. The van der Waals surface area contributed by atoms with Crippen molar-refractivity contribution in [2.75, 3.05) is 7.11 Å². The Hall–Kier alpha value is -2.81. The molecule has 1 aromatic heterocycles. The summed E-state index contributed by atoms with van der Waals surface area (Å²) in [6, 6.07) is 7.96. The minimum absolute atomic E-state index is 0.00497. The molecular formula is C21H28N4O2. The van der Waals surface area contributed by atoms with E-state index in [1.807, 2.05) is 50.6 Å². The molecule has 0 fully saturated rings. The predicted octanol–water partition coefficient (Wildman–Crippen LogP) is 3.54. The number of nitrogens with zero attached hydrogens (tertiary/aromatic N) is 3. The van der Waals surface area contributed by atoms with Gasteiger partial charge >= 0.3 is 0 Å². The summed E-state index contributed by atoms with van der Waals surface area (Å²) >= 11 is 0. The maximum absolute atomic E-state index is 12.5. The minimum Gasteiger partial charge on any atom is -0.496 e. The summed E-state index contributed by atoms with van der Waals surface area (Å²) in [6.45, 7) is 8.51. The number of nitriles is 1. The van der Waals surface area contributed by atoms with E-state index in [9.17, 15) is 4.79 Å². The molecule has 1 N–H and O–H groups in total. The standard InChI is InChI=1S/C21H28N4O2/c1-14-7-9-20(27-5)19(13-14)15(2)23-21(26)10-8-18-16(3)24-25(17(18)4)12-6-11-22/h7,9,13,15H,6,8,10,12H2,1-5H3,(H,23,26)/t15-/m0/s1. The number of methoxy groups -OCH3 is 1. The first-order chi connectivity index (χ1) is 12.9. The van der Waals surface area contributed by atoms with Gasteiger partial charge in [0.2, 0.25) is 5.91 Å². The van der Waals surface area contributed by atoms with E-state index in [1.54, 1.807) is 7.11 Å². The van der Waals surface area contributed by atoms with Crippen LogP contribution in [0.3, 0.4) is 0 Å². The van der Waals surface area contributed by atoms with Crippen molar-refractivity contribution < 1.29 is 9.53 Å². The number of nitrogens with one attached hydrogen (secondary N) is 1. The molecule has 0 aliphatic heterocycles. The molecule has 2 aromatic rings. The van der Waals surface area contributed by atoms with E-state index in [1.165, 1.54) is 0 Å². The zero-order valence-corrected chi connectivity index (χ0v) is 16.8. The van der Waals surface area contributed by atoms with Gasteiger partial charge in [0.1, 0.15) is 5.75 Å². The van der Waals surface area contributed by atoms with Crippen LogP contribution in [0.2, 0.25) is 0 Å². The van der Waals surface area contributed by atoms with Gasteiger partial charge in [0, 0.05) is 17.7 Å². The first kappa shape index (κ1) is 20.5. The average molecular weight is 368 g/mol. The van der Waals surface area contributed by atoms with Crippen LogP contribution in [-0.2, 0) is 17.8 Å². The Labute approximate surface area is 161 Å². The maximum Gasteiger partial charge on any atom is 0.220 e. The second-order valence-corrected chi connectivity index (χ2v) is 6.82. The van der Waals surface area contributed by atoms with Gasteiger partial charge in [-0.1, -0.05) is 17.7 Å². The molecule has 1 amide bonds. The van der Waals surface area contributed by atoms with Crippen LogP contribution in [0.1, 0.15) is 53.9 Å². The largest absolute Gasteiger partial charge is 0.496 e. The van der Waals surface area contributed by atoms with Gasteiger partial charge in [-0.05, 0) is 45.7 Å². The molecule has 1 atom stereocenters. The number of carbonyl (C=O) groups is 1. The van der Waals surface area contributed by atoms with Crippen LogP contribution in [-0.4, -0.2) is 22.8 Å². The van der Waals surface area contributed by atoms with E-state index in [4.69, 9.17) is 10.00 Å². The molecule has 0 saturated heterocycles. The highest BCUT2D eigenvalue weighted by atomic mass is 16.5. The van der Waals surface area contributed by atoms with Crippen molar-refractivity contribution >= 4 is 5.91 Å². The second-order valence-electron chi connectivity index (χ2n) is 6.82. The molecule has 0 aliphatic rings. The lowest BCUT2D eigenvalue weighted by Crippen LogP contribution is -2.27. The second kappa shape index (κ2) is 9.22. The van der Waals surface area contributed by atoms with Crippen LogP contribution in [0.5, 0.6) is 5.75 Å². The van der Waals surface area contributed by atoms with Crippen LogP contribution in [0.4, 0.5) is 0 Å². The van der Waals surface area contributed by atoms with Gasteiger partial charge in [0.25, 0.3) is 0 Å². The Bertz CT molecular complexity index is 849. The number of aryl methyl sites for hydroxylation is 3. The Kier molecular flexibility index (Phi) is 7.00. The number of rotatable bonds is 8. The van der Waals surface area contributed by atoms with Gasteiger partial charge in [-0.2, -0.15) is 10.4 Å². The summed E-state index contributed by atoms with van der Waals surface area (Å²) in [5.74, 6) is 0.772. The molecule has 1 heterocycles. The van der Waals surface area contributed by atoms with E-state index in [-0.39, 0.29) is 11.9 Å². The van der Waals surface area contributed by atoms with Gasteiger partial charge < -0.3 is 10.1 Å². The quantitative estimate of drug-likeness (QED) is 0.773. The third kappa shape index (κ3) is 5.10. The van der Waals surface area contributed by atoms with Crippen molar-refractivity contribution in [1.29, 1.82) is 5.26 Å². The number of aromatic nitrogens is 2. The third-order valence-corrected chi connectivity index (χ3v) is 4.80. The van der Waals surface area contributed by atoms with Crippen molar-refractivity contribution in [3.8, 4) is 11.8 Å². The fraction of sp³-hybridized carbons (Fsp3) is 0.476. The number of hydrogen-bond donors (Lipinski definition) is 1. The fourth-order valence-electron chi connectivity index (χ4n) is 3.29. The van der Waals surface area contributed by atoms with E-state index >= 15 is 0 Å². The smallest absolute Gasteiger partial charge is 0.220 e. The molecule has 0 aliphatic carbocycles. The van der Waals surface area contributed by atoms with Crippen LogP contribution in [0, 0.1) is 32.1 Å². The van der Waals surface area contributed by atoms with Gasteiger partial charge in [0.15, 0.2) is 0 Å². The third-order valence-electron chi connectivity index (χ3n) is 4.80. The highest BCUT2D eigenvalue weighted by Gasteiger charge is 2.16. The van der Waals surface area contributed by atoms with E-state index in [0.29, 0.717) is 25.8 Å². The maximum atomic E-state index is 12.5.